The Morgan fingerprint density at radius 1 is 0.964 bits per heavy atom. The number of hydrogen-bond donors (Lipinski definition) is 1. The summed E-state index contributed by atoms with van der Waals surface area (Å²) in [6, 6.07) is 23.1. The second-order valence-electron chi connectivity index (χ2n) is 7.36. The topological polar surface area (TPSA) is 49.4 Å². The average molecular weight is 372 g/mol. The molecule has 4 heteroatoms. The molecule has 1 saturated heterocycles. The van der Waals surface area contributed by atoms with Gasteiger partial charge in [0.1, 0.15) is 6.04 Å². The second-order valence-corrected chi connectivity index (χ2v) is 7.36. The fraction of sp³-hybridized carbons (Fsp3) is 0.250. The van der Waals surface area contributed by atoms with Crippen LogP contribution in [0.5, 0.6) is 0 Å². The third-order valence-electron chi connectivity index (χ3n) is 5.47. The van der Waals surface area contributed by atoms with Gasteiger partial charge in [0.15, 0.2) is 0 Å². The van der Waals surface area contributed by atoms with Gasteiger partial charge in [-0.05, 0) is 54.3 Å². The van der Waals surface area contributed by atoms with E-state index in [4.69, 9.17) is 0 Å². The Morgan fingerprint density at radius 3 is 2.46 bits per heavy atom. The quantitative estimate of drug-likeness (QED) is 0.741. The lowest BCUT2D eigenvalue weighted by Gasteiger charge is -2.26. The number of likely N-dealkylation sites (tertiary alicyclic amines) is 1. The highest BCUT2D eigenvalue weighted by Gasteiger charge is 2.35. The maximum absolute atomic E-state index is 12.9. The molecule has 1 aliphatic heterocycles. The van der Waals surface area contributed by atoms with Gasteiger partial charge in [0.2, 0.25) is 5.91 Å². The van der Waals surface area contributed by atoms with Gasteiger partial charge in [-0.25, -0.2) is 0 Å². The lowest BCUT2D eigenvalue weighted by molar-refractivity contribution is -0.125. The number of rotatable bonds is 4. The molecule has 4 nitrogen and oxygen atoms in total. The van der Waals surface area contributed by atoms with Crippen LogP contribution in [0.3, 0.4) is 0 Å². The fourth-order valence-electron chi connectivity index (χ4n) is 3.90. The second kappa shape index (κ2) is 7.85. The Bertz CT molecular complexity index is 1000. The first-order chi connectivity index (χ1) is 13.6. The van der Waals surface area contributed by atoms with Crippen molar-refractivity contribution in [2.75, 3.05) is 6.54 Å². The van der Waals surface area contributed by atoms with E-state index >= 15 is 0 Å². The molecule has 0 saturated carbocycles. The van der Waals surface area contributed by atoms with Gasteiger partial charge in [-0.3, -0.25) is 9.59 Å². The maximum atomic E-state index is 12.9. The van der Waals surface area contributed by atoms with Crippen molar-refractivity contribution < 1.29 is 9.59 Å². The van der Waals surface area contributed by atoms with Crippen molar-refractivity contribution in [3.8, 4) is 0 Å². The van der Waals surface area contributed by atoms with Crippen LogP contribution in [0.4, 0.5) is 0 Å². The van der Waals surface area contributed by atoms with Gasteiger partial charge in [0, 0.05) is 12.1 Å². The van der Waals surface area contributed by atoms with E-state index in [1.165, 1.54) is 5.39 Å². The Morgan fingerprint density at radius 2 is 1.68 bits per heavy atom. The number of hydrogen-bond acceptors (Lipinski definition) is 2. The normalized spacial score (nSPS) is 17.5. The third kappa shape index (κ3) is 3.63. The molecular weight excluding hydrogens is 348 g/mol. The number of amides is 2. The number of carbonyl (C=O) groups excluding carboxylic acids is 2. The standard InChI is InChI=1S/C24H24N2O2/c1-17(20-14-13-18-8-5-6-11-21(18)16-20)25-23(27)22-12-7-15-26(22)24(28)19-9-3-2-4-10-19/h2-6,8-11,13-14,16-17,22H,7,12,15H2,1H3,(H,25,27)/t17-,22+/m1/s1. The van der Waals surface area contributed by atoms with E-state index in [-0.39, 0.29) is 17.9 Å². The predicted molar refractivity (Wildman–Crippen MR) is 111 cm³/mol. The molecule has 0 spiro atoms. The van der Waals surface area contributed by atoms with Gasteiger partial charge in [0.25, 0.3) is 5.91 Å². The maximum Gasteiger partial charge on any atom is 0.254 e. The molecule has 0 unspecified atom stereocenters. The molecule has 1 N–H and O–H groups in total. The number of fused-ring (bicyclic) bond motifs is 1. The summed E-state index contributed by atoms with van der Waals surface area (Å²) < 4.78 is 0. The van der Waals surface area contributed by atoms with Gasteiger partial charge >= 0.3 is 0 Å². The van der Waals surface area contributed by atoms with E-state index in [9.17, 15) is 9.59 Å². The molecule has 142 valence electrons. The van der Waals surface area contributed by atoms with E-state index < -0.39 is 6.04 Å². The van der Waals surface area contributed by atoms with Crippen LogP contribution in [0.25, 0.3) is 10.8 Å². The van der Waals surface area contributed by atoms with Gasteiger partial charge in [-0.2, -0.15) is 0 Å². The molecular formula is C24H24N2O2. The molecule has 0 aromatic heterocycles. The first kappa shape index (κ1) is 18.2. The molecule has 4 rings (SSSR count). The molecule has 28 heavy (non-hydrogen) atoms. The van der Waals surface area contributed by atoms with Gasteiger partial charge in [0.05, 0.1) is 6.04 Å². The zero-order chi connectivity index (χ0) is 19.5. The molecule has 1 fully saturated rings. The molecule has 3 aromatic rings. The average Bonchev–Trinajstić information content (AvgIpc) is 3.23. The van der Waals surface area contributed by atoms with Crippen LogP contribution in [-0.2, 0) is 4.79 Å². The Labute approximate surface area is 165 Å². The third-order valence-corrected chi connectivity index (χ3v) is 5.47. The summed E-state index contributed by atoms with van der Waals surface area (Å²) in [5.41, 5.74) is 1.69. The SMILES string of the molecule is C[C@@H](NC(=O)[C@@H]1CCCN1C(=O)c1ccccc1)c1ccc2ccccc2c1. The smallest absolute Gasteiger partial charge is 0.254 e. The van der Waals surface area contributed by atoms with Gasteiger partial charge in [-0.1, -0.05) is 54.6 Å². The van der Waals surface area contributed by atoms with Crippen molar-refractivity contribution in [1.29, 1.82) is 0 Å². The highest BCUT2D eigenvalue weighted by atomic mass is 16.2. The van der Waals surface area contributed by atoms with E-state index in [2.05, 4.69) is 35.6 Å². The summed E-state index contributed by atoms with van der Waals surface area (Å²) in [4.78, 5) is 27.4. The van der Waals surface area contributed by atoms with Crippen molar-refractivity contribution in [3.63, 3.8) is 0 Å². The van der Waals surface area contributed by atoms with Crippen LogP contribution >= 0.6 is 0 Å². The van der Waals surface area contributed by atoms with Crippen LogP contribution in [0.1, 0.15) is 41.7 Å². The lowest BCUT2D eigenvalue weighted by Crippen LogP contribution is -2.46. The van der Waals surface area contributed by atoms with Crippen molar-refractivity contribution in [1.82, 2.24) is 10.2 Å². The summed E-state index contributed by atoms with van der Waals surface area (Å²) >= 11 is 0. The van der Waals surface area contributed by atoms with E-state index in [1.807, 2.05) is 37.3 Å². The predicted octanol–water partition coefficient (Wildman–Crippen LogP) is 4.32. The first-order valence-electron chi connectivity index (χ1n) is 9.78. The molecule has 2 atom stereocenters. The first-order valence-corrected chi connectivity index (χ1v) is 9.78. The zero-order valence-corrected chi connectivity index (χ0v) is 16.0. The fourth-order valence-corrected chi connectivity index (χ4v) is 3.90. The molecule has 0 aliphatic carbocycles. The summed E-state index contributed by atoms with van der Waals surface area (Å²) in [7, 11) is 0. The number of nitrogens with zero attached hydrogens (tertiary/aromatic N) is 1. The number of nitrogens with one attached hydrogen (secondary N) is 1. The molecule has 2 amide bonds. The van der Waals surface area contributed by atoms with E-state index in [1.54, 1.807) is 17.0 Å². The Hall–Kier alpha value is -3.14. The lowest BCUT2D eigenvalue weighted by atomic mass is 10.0. The Kier molecular flexibility index (Phi) is 5.11. The van der Waals surface area contributed by atoms with Crippen LogP contribution in [-0.4, -0.2) is 29.3 Å². The van der Waals surface area contributed by atoms with Crippen molar-refractivity contribution in [3.05, 3.63) is 83.9 Å². The van der Waals surface area contributed by atoms with Crippen molar-refractivity contribution >= 4 is 22.6 Å². The van der Waals surface area contributed by atoms with Gasteiger partial charge < -0.3 is 10.2 Å². The number of benzene rings is 3. The summed E-state index contributed by atoms with van der Waals surface area (Å²) in [5, 5.41) is 5.44. The molecule has 1 aliphatic rings. The monoisotopic (exact) mass is 372 g/mol. The zero-order valence-electron chi connectivity index (χ0n) is 16.0. The van der Waals surface area contributed by atoms with Crippen LogP contribution in [0.2, 0.25) is 0 Å². The molecule has 0 radical (unpaired) electrons. The summed E-state index contributed by atoms with van der Waals surface area (Å²) in [6.07, 6.45) is 1.55. The highest BCUT2D eigenvalue weighted by molar-refractivity contribution is 5.98. The molecule has 0 bridgehead atoms. The van der Waals surface area contributed by atoms with Crippen molar-refractivity contribution in [2.45, 2.75) is 31.8 Å². The summed E-state index contributed by atoms with van der Waals surface area (Å²) in [5.74, 6) is -0.154. The minimum atomic E-state index is -0.407. The number of carbonyl (C=O) groups is 2. The highest BCUT2D eigenvalue weighted by Crippen LogP contribution is 2.23. The van der Waals surface area contributed by atoms with Crippen LogP contribution < -0.4 is 5.32 Å². The molecule has 3 aromatic carbocycles. The van der Waals surface area contributed by atoms with Crippen molar-refractivity contribution in [2.24, 2.45) is 0 Å². The Balaban J connectivity index is 1.47. The minimum Gasteiger partial charge on any atom is -0.348 e. The van der Waals surface area contributed by atoms with Gasteiger partial charge in [-0.15, -0.1) is 0 Å². The minimum absolute atomic E-state index is 0.0726. The summed E-state index contributed by atoms with van der Waals surface area (Å²) in [6.45, 7) is 2.61. The van der Waals surface area contributed by atoms with Crippen LogP contribution in [0.15, 0.2) is 72.8 Å². The largest absolute Gasteiger partial charge is 0.348 e. The van der Waals surface area contributed by atoms with E-state index in [0.717, 1.165) is 17.4 Å². The van der Waals surface area contributed by atoms with E-state index in [0.29, 0.717) is 18.5 Å². The van der Waals surface area contributed by atoms with Crippen LogP contribution in [0, 0.1) is 0 Å². The molecule has 1 heterocycles.